The van der Waals surface area contributed by atoms with Gasteiger partial charge in [0.1, 0.15) is 24.4 Å². The van der Waals surface area contributed by atoms with Gasteiger partial charge in [-0.1, -0.05) is 29.8 Å². The summed E-state index contributed by atoms with van der Waals surface area (Å²) in [5.41, 5.74) is 2.75. The van der Waals surface area contributed by atoms with E-state index >= 15 is 0 Å². The van der Waals surface area contributed by atoms with Crippen molar-refractivity contribution in [2.24, 2.45) is 0 Å². The molecular formula is C21H18N3O3+. The van der Waals surface area contributed by atoms with Gasteiger partial charge in [0.05, 0.1) is 11.1 Å². The second-order valence-electron chi connectivity index (χ2n) is 6.39. The van der Waals surface area contributed by atoms with E-state index in [4.69, 9.17) is 15.3 Å². The van der Waals surface area contributed by atoms with Gasteiger partial charge in [-0.2, -0.15) is 10.5 Å². The zero-order valence-corrected chi connectivity index (χ0v) is 14.8. The Bertz CT molecular complexity index is 979. The third kappa shape index (κ3) is 3.82. The second kappa shape index (κ2) is 7.74. The van der Waals surface area contributed by atoms with Crippen molar-refractivity contribution in [2.45, 2.75) is 13.5 Å². The van der Waals surface area contributed by atoms with Gasteiger partial charge in [0.25, 0.3) is 0 Å². The number of aromatic hydroxyl groups is 1. The van der Waals surface area contributed by atoms with Crippen molar-refractivity contribution in [3.8, 4) is 23.6 Å². The van der Waals surface area contributed by atoms with E-state index in [1.165, 1.54) is 12.1 Å². The highest BCUT2D eigenvalue weighted by Gasteiger charge is 2.32. The van der Waals surface area contributed by atoms with Crippen molar-refractivity contribution >= 4 is 11.9 Å². The number of ether oxygens (including phenoxy) is 1. The number of nitriles is 2. The number of aryl methyl sites for hydroxylation is 1. The molecule has 2 aromatic rings. The highest BCUT2D eigenvalue weighted by molar-refractivity contribution is 6.14. The highest BCUT2D eigenvalue weighted by Crippen LogP contribution is 2.39. The van der Waals surface area contributed by atoms with E-state index in [9.17, 15) is 9.90 Å². The molecule has 0 fully saturated rings. The number of nitrogens with zero attached hydrogens (tertiary/aromatic N) is 2. The summed E-state index contributed by atoms with van der Waals surface area (Å²) in [4.78, 5) is 13.3. The molecule has 0 saturated carbocycles. The highest BCUT2D eigenvalue weighted by atomic mass is 16.5. The van der Waals surface area contributed by atoms with Gasteiger partial charge in [0, 0.05) is 0 Å². The number of hydrogen-bond acceptors (Lipinski definition) is 5. The molecule has 0 unspecified atom stereocenters. The minimum atomic E-state index is -0.256. The molecular weight excluding hydrogens is 342 g/mol. The van der Waals surface area contributed by atoms with E-state index in [0.717, 1.165) is 11.1 Å². The molecule has 6 nitrogen and oxygen atoms in total. The first kappa shape index (κ1) is 18.2. The average Bonchev–Trinajstić information content (AvgIpc) is 2.96. The Hall–Kier alpha value is -3.61. The number of fused-ring (bicyclic) bond motifs is 1. The molecule has 0 atom stereocenters. The number of phenolic OH excluding ortho intramolecular Hbond substituents is 1. The van der Waals surface area contributed by atoms with Crippen molar-refractivity contribution < 1.29 is 19.5 Å². The lowest BCUT2D eigenvalue weighted by Crippen LogP contribution is -3.10. The molecule has 2 N–H and O–H groups in total. The standard InChI is InChI=1S/C21H17N3O3/c1-14-2-4-15(5-3-14)12-19-20(26)16-6-7-18(25)17(21(16)27-19)13-24(10-8-22)11-9-23/h2-7,12,25H,10-11,13H2,1H3/p+1/b19-12-. The average molecular weight is 360 g/mol. The van der Waals surface area contributed by atoms with Gasteiger partial charge in [-0.3, -0.25) is 4.79 Å². The van der Waals surface area contributed by atoms with Crippen LogP contribution in [0.25, 0.3) is 6.08 Å². The Morgan fingerprint density at radius 1 is 1.11 bits per heavy atom. The summed E-state index contributed by atoms with van der Waals surface area (Å²) < 4.78 is 5.79. The predicted octanol–water partition coefficient (Wildman–Crippen LogP) is 1.75. The Balaban J connectivity index is 1.95. The fourth-order valence-corrected chi connectivity index (χ4v) is 2.94. The Kier molecular flexibility index (Phi) is 5.21. The normalized spacial score (nSPS) is 13.9. The van der Waals surface area contributed by atoms with Crippen LogP contribution in [0.5, 0.6) is 11.5 Å². The second-order valence-corrected chi connectivity index (χ2v) is 6.39. The van der Waals surface area contributed by atoms with Gasteiger partial charge in [0.15, 0.2) is 24.6 Å². The number of allylic oxidation sites excluding steroid dienone is 1. The maximum atomic E-state index is 12.7. The number of phenols is 1. The van der Waals surface area contributed by atoms with Gasteiger partial charge in [-0.05, 0) is 30.7 Å². The minimum Gasteiger partial charge on any atom is -0.507 e. The van der Waals surface area contributed by atoms with Gasteiger partial charge in [0.2, 0.25) is 5.78 Å². The topological polar surface area (TPSA) is 98.5 Å². The molecule has 2 aromatic carbocycles. The number of nitrogens with one attached hydrogen (secondary N) is 1. The molecule has 0 aromatic heterocycles. The summed E-state index contributed by atoms with van der Waals surface area (Å²) in [6.07, 6.45) is 1.66. The largest absolute Gasteiger partial charge is 0.507 e. The van der Waals surface area contributed by atoms with Crippen LogP contribution in [0.1, 0.15) is 27.0 Å². The third-order valence-corrected chi connectivity index (χ3v) is 4.38. The van der Waals surface area contributed by atoms with E-state index in [-0.39, 0.29) is 36.9 Å². The lowest BCUT2D eigenvalue weighted by Gasteiger charge is -2.15. The van der Waals surface area contributed by atoms with Gasteiger partial charge in [-0.25, -0.2) is 0 Å². The molecule has 3 rings (SSSR count). The van der Waals surface area contributed by atoms with Crippen LogP contribution in [0.4, 0.5) is 0 Å². The molecule has 0 saturated heterocycles. The van der Waals surface area contributed by atoms with Gasteiger partial charge >= 0.3 is 0 Å². The van der Waals surface area contributed by atoms with Crippen LogP contribution in [0.2, 0.25) is 0 Å². The molecule has 1 heterocycles. The fourth-order valence-electron chi connectivity index (χ4n) is 2.94. The minimum absolute atomic E-state index is 0.0217. The monoisotopic (exact) mass is 360 g/mol. The van der Waals surface area contributed by atoms with Crippen molar-refractivity contribution in [3.05, 3.63) is 64.4 Å². The quantitative estimate of drug-likeness (QED) is 0.625. The molecule has 134 valence electrons. The fraction of sp³-hybridized carbons (Fsp3) is 0.190. The van der Waals surface area contributed by atoms with Crippen molar-refractivity contribution in [1.82, 2.24) is 0 Å². The molecule has 1 aliphatic rings. The van der Waals surface area contributed by atoms with Crippen molar-refractivity contribution in [2.75, 3.05) is 13.1 Å². The number of ketones is 1. The molecule has 0 radical (unpaired) electrons. The molecule has 0 amide bonds. The number of Topliss-reactive ketones (excluding diaryl/α,β-unsaturated/α-hetero) is 1. The van der Waals surface area contributed by atoms with Gasteiger partial charge < -0.3 is 14.7 Å². The summed E-state index contributed by atoms with van der Waals surface area (Å²) in [5.74, 6) is 0.204. The van der Waals surface area contributed by atoms with Crippen LogP contribution < -0.4 is 9.64 Å². The summed E-state index contributed by atoms with van der Waals surface area (Å²) in [6, 6.07) is 14.7. The number of carbonyl (C=O) groups is 1. The van der Waals surface area contributed by atoms with E-state index < -0.39 is 0 Å². The molecule has 0 bridgehead atoms. The Morgan fingerprint density at radius 2 is 1.78 bits per heavy atom. The Morgan fingerprint density at radius 3 is 2.41 bits per heavy atom. The van der Waals surface area contributed by atoms with Crippen LogP contribution in [0.15, 0.2) is 42.2 Å². The van der Waals surface area contributed by atoms with Gasteiger partial charge in [-0.15, -0.1) is 0 Å². The lowest BCUT2D eigenvalue weighted by atomic mass is 10.0. The maximum Gasteiger partial charge on any atom is 0.231 e. The number of benzene rings is 2. The third-order valence-electron chi connectivity index (χ3n) is 4.38. The van der Waals surface area contributed by atoms with E-state index in [0.29, 0.717) is 21.8 Å². The molecule has 0 aliphatic carbocycles. The molecule has 6 heteroatoms. The van der Waals surface area contributed by atoms with Crippen LogP contribution in [-0.4, -0.2) is 24.0 Å². The lowest BCUT2D eigenvalue weighted by molar-refractivity contribution is -0.899. The number of quaternary nitrogens is 1. The molecule has 1 aliphatic heterocycles. The summed E-state index contributed by atoms with van der Waals surface area (Å²) >= 11 is 0. The SMILES string of the molecule is Cc1ccc(/C=C2\Oc3c(ccc(O)c3C[NH+](CC#N)CC#N)C2=O)cc1. The van der Waals surface area contributed by atoms with Crippen LogP contribution >= 0.6 is 0 Å². The van der Waals surface area contributed by atoms with Crippen molar-refractivity contribution in [1.29, 1.82) is 10.5 Å². The summed E-state index contributed by atoms with van der Waals surface area (Å²) in [5, 5.41) is 28.1. The smallest absolute Gasteiger partial charge is 0.231 e. The summed E-state index contributed by atoms with van der Waals surface area (Å²) in [7, 11) is 0. The number of hydrogen-bond donors (Lipinski definition) is 2. The van der Waals surface area contributed by atoms with E-state index in [1.807, 2.05) is 43.3 Å². The first-order chi connectivity index (χ1) is 13.0. The Labute approximate surface area is 157 Å². The molecule has 0 spiro atoms. The number of carbonyl (C=O) groups excluding carboxylic acids is 1. The zero-order chi connectivity index (χ0) is 19.4. The summed E-state index contributed by atoms with van der Waals surface area (Å²) in [6.45, 7) is 2.41. The molecule has 27 heavy (non-hydrogen) atoms. The van der Waals surface area contributed by atoms with Crippen molar-refractivity contribution in [3.63, 3.8) is 0 Å². The first-order valence-electron chi connectivity index (χ1n) is 8.46. The van der Waals surface area contributed by atoms with Crippen LogP contribution in [0.3, 0.4) is 0 Å². The first-order valence-corrected chi connectivity index (χ1v) is 8.46. The predicted molar refractivity (Wildman–Crippen MR) is 97.8 cm³/mol. The van der Waals surface area contributed by atoms with E-state index in [1.54, 1.807) is 6.08 Å². The zero-order valence-electron chi connectivity index (χ0n) is 14.8. The maximum absolute atomic E-state index is 12.7. The van der Waals surface area contributed by atoms with Crippen LogP contribution in [-0.2, 0) is 6.54 Å². The van der Waals surface area contributed by atoms with Crippen LogP contribution in [0, 0.1) is 29.6 Å². The van der Waals surface area contributed by atoms with E-state index in [2.05, 4.69) is 0 Å². The number of rotatable bonds is 5.